The molecule has 0 aliphatic carbocycles. The Morgan fingerprint density at radius 3 is 2.58 bits per heavy atom. The molecule has 0 aliphatic heterocycles. The first-order chi connectivity index (χ1) is 8.92. The Bertz CT molecular complexity index is 504. The molecule has 0 saturated heterocycles. The molecule has 0 aliphatic rings. The molecule has 19 heavy (non-hydrogen) atoms. The van der Waals surface area contributed by atoms with E-state index in [0.717, 1.165) is 31.2 Å². The molecule has 0 heterocycles. The summed E-state index contributed by atoms with van der Waals surface area (Å²) in [6, 6.07) is 4.81. The molecule has 0 atom stereocenters. The van der Waals surface area contributed by atoms with Gasteiger partial charge in [-0.25, -0.2) is 0 Å². The lowest BCUT2D eigenvalue weighted by Gasteiger charge is -2.24. The van der Waals surface area contributed by atoms with Gasteiger partial charge in [-0.1, -0.05) is 40.0 Å². The van der Waals surface area contributed by atoms with Gasteiger partial charge in [0, 0.05) is 12.1 Å². The summed E-state index contributed by atoms with van der Waals surface area (Å²) in [7, 11) is 0. The highest BCUT2D eigenvalue weighted by Gasteiger charge is 2.29. The normalized spacial score (nSPS) is 11.1. The fourth-order valence-electron chi connectivity index (χ4n) is 2.14. The van der Waals surface area contributed by atoms with E-state index in [1.165, 1.54) is 12.1 Å². The van der Waals surface area contributed by atoms with Crippen molar-refractivity contribution in [1.82, 2.24) is 0 Å². The second-order valence-corrected chi connectivity index (χ2v) is 5.40. The van der Waals surface area contributed by atoms with E-state index in [9.17, 15) is 10.1 Å². The number of benzene rings is 1. The molecular weight excluding hydrogens is 242 g/mol. The molecule has 1 aromatic carbocycles. The summed E-state index contributed by atoms with van der Waals surface area (Å²) in [4.78, 5) is 13.4. The van der Waals surface area contributed by atoms with Crippen LogP contribution in [0.2, 0.25) is 0 Å². The van der Waals surface area contributed by atoms with Crippen LogP contribution in [0.15, 0.2) is 18.2 Å². The Kier molecular flexibility index (Phi) is 4.99. The van der Waals surface area contributed by atoms with Gasteiger partial charge in [0.25, 0.3) is 0 Å². The van der Waals surface area contributed by atoms with Crippen LogP contribution < -0.4 is 0 Å². The second kappa shape index (κ2) is 6.28. The highest BCUT2D eigenvalue weighted by Crippen LogP contribution is 2.35. The van der Waals surface area contributed by atoms with Gasteiger partial charge in [0.05, 0.1) is 4.92 Å². The first-order valence-corrected chi connectivity index (χ1v) is 6.56. The van der Waals surface area contributed by atoms with Gasteiger partial charge >= 0.3 is 11.4 Å². The van der Waals surface area contributed by atoms with E-state index in [0.29, 0.717) is 0 Å². The van der Waals surface area contributed by atoms with Crippen LogP contribution in [-0.4, -0.2) is 4.92 Å². The third kappa shape index (κ3) is 3.75. The zero-order valence-electron chi connectivity index (χ0n) is 11.7. The molecule has 0 bridgehead atoms. The second-order valence-electron chi connectivity index (χ2n) is 5.40. The van der Waals surface area contributed by atoms with E-state index in [1.54, 1.807) is 6.07 Å². The minimum absolute atomic E-state index is 0.00175. The summed E-state index contributed by atoms with van der Waals surface area (Å²) in [5.41, 5.74) is 0.637. The number of unbranched alkanes of at least 4 members (excludes halogenated alkanes) is 2. The molecule has 1 rings (SSSR count). The highest BCUT2D eigenvalue weighted by atomic mass is 16.6. The monoisotopic (exact) mass is 262 g/mol. The van der Waals surface area contributed by atoms with Gasteiger partial charge in [0.2, 0.25) is 5.39 Å². The lowest BCUT2D eigenvalue weighted by molar-refractivity contribution is -0.383. The molecule has 0 saturated carbocycles. The molecule has 0 amide bonds. The third-order valence-electron chi connectivity index (χ3n) is 3.47. The van der Waals surface area contributed by atoms with Crippen LogP contribution in [0.25, 0.3) is 4.98 Å². The van der Waals surface area contributed by atoms with Gasteiger partial charge in [-0.3, -0.25) is 10.1 Å². The average molecular weight is 262 g/mol. The topological polar surface area (TPSA) is 71.3 Å². The van der Waals surface area contributed by atoms with Gasteiger partial charge in [-0.05, 0) is 23.5 Å². The maximum absolute atomic E-state index is 11.0. The van der Waals surface area contributed by atoms with E-state index < -0.39 is 4.92 Å². The maximum atomic E-state index is 11.0. The lowest BCUT2D eigenvalue weighted by atomic mass is 9.80. The van der Waals surface area contributed by atoms with Crippen LogP contribution in [0, 0.1) is 15.5 Å². The van der Waals surface area contributed by atoms with Gasteiger partial charge in [0.15, 0.2) is 4.98 Å². The van der Waals surface area contributed by atoms with Gasteiger partial charge in [0.1, 0.15) is 0 Å². The zero-order chi connectivity index (χ0) is 14.5. The zero-order valence-corrected chi connectivity index (χ0v) is 11.7. The first-order valence-electron chi connectivity index (χ1n) is 6.56. The number of nitrogens with zero attached hydrogens (tertiary/aromatic N) is 3. The van der Waals surface area contributed by atoms with Crippen molar-refractivity contribution in [2.75, 3.05) is 0 Å². The summed E-state index contributed by atoms with van der Waals surface area (Å²) in [5, 5.41) is 19.7. The smallest absolute Gasteiger partial charge is 0.258 e. The molecule has 5 nitrogen and oxygen atoms in total. The van der Waals surface area contributed by atoms with Crippen LogP contribution >= 0.6 is 0 Å². The van der Waals surface area contributed by atoms with Crippen LogP contribution in [0.1, 0.15) is 52.0 Å². The van der Waals surface area contributed by atoms with Gasteiger partial charge < -0.3 is 0 Å². The molecule has 102 valence electrons. The van der Waals surface area contributed by atoms with Crippen LogP contribution in [-0.2, 0) is 5.41 Å². The van der Waals surface area contributed by atoms with E-state index in [1.807, 2.05) is 0 Å². The summed E-state index contributed by atoms with van der Waals surface area (Å²) >= 11 is 0. The molecule has 0 spiro atoms. The SMILES string of the molecule is CCCCCC(C)(C)c1ccc([N+]#N)c([N+](=O)[O-])c1. The van der Waals surface area contributed by atoms with Crippen molar-refractivity contribution >= 4 is 11.4 Å². The van der Waals surface area contributed by atoms with E-state index in [-0.39, 0.29) is 16.8 Å². The molecule has 0 unspecified atom stereocenters. The number of hydrogen-bond acceptors (Lipinski definition) is 3. The number of nitro benzene ring substituents is 1. The maximum Gasteiger partial charge on any atom is 0.461 e. The highest BCUT2D eigenvalue weighted by molar-refractivity contribution is 5.63. The Morgan fingerprint density at radius 1 is 1.37 bits per heavy atom. The van der Waals surface area contributed by atoms with Crippen molar-refractivity contribution in [1.29, 1.82) is 5.39 Å². The quantitative estimate of drug-likeness (QED) is 0.315. The van der Waals surface area contributed by atoms with Crippen molar-refractivity contribution in [3.63, 3.8) is 0 Å². The van der Waals surface area contributed by atoms with Gasteiger partial charge in [-0.2, -0.15) is 0 Å². The van der Waals surface area contributed by atoms with Crippen LogP contribution in [0.3, 0.4) is 0 Å². The average Bonchev–Trinajstić information content (AvgIpc) is 2.38. The number of hydrogen-bond donors (Lipinski definition) is 0. The number of nitro groups is 1. The number of diazo groups is 1. The van der Waals surface area contributed by atoms with Crippen LogP contribution in [0.5, 0.6) is 0 Å². The van der Waals surface area contributed by atoms with Crippen molar-refractivity contribution < 1.29 is 4.92 Å². The summed E-state index contributed by atoms with van der Waals surface area (Å²) in [5.74, 6) is 0. The summed E-state index contributed by atoms with van der Waals surface area (Å²) < 4.78 is 0. The van der Waals surface area contributed by atoms with Crippen molar-refractivity contribution in [2.24, 2.45) is 0 Å². The summed E-state index contributed by atoms with van der Waals surface area (Å²) in [6.45, 7) is 6.31. The molecule has 0 radical (unpaired) electrons. The van der Waals surface area contributed by atoms with Crippen molar-refractivity contribution in [3.05, 3.63) is 38.9 Å². The van der Waals surface area contributed by atoms with E-state index >= 15 is 0 Å². The van der Waals surface area contributed by atoms with Crippen molar-refractivity contribution in [3.8, 4) is 0 Å². The largest absolute Gasteiger partial charge is 0.461 e. The minimum atomic E-state index is -0.513. The summed E-state index contributed by atoms with van der Waals surface area (Å²) in [6.07, 6.45) is 4.39. The third-order valence-corrected chi connectivity index (χ3v) is 3.47. The van der Waals surface area contributed by atoms with Crippen molar-refractivity contribution in [2.45, 2.75) is 51.9 Å². The molecule has 0 aromatic heterocycles. The van der Waals surface area contributed by atoms with E-state index in [4.69, 9.17) is 5.39 Å². The Hall–Kier alpha value is -1.96. The van der Waals surface area contributed by atoms with E-state index in [2.05, 4.69) is 25.7 Å². The molecule has 0 fully saturated rings. The predicted molar refractivity (Wildman–Crippen MR) is 75.0 cm³/mol. The van der Waals surface area contributed by atoms with Crippen LogP contribution in [0.4, 0.5) is 11.4 Å². The Morgan fingerprint density at radius 2 is 2.05 bits per heavy atom. The predicted octanol–water partition coefficient (Wildman–Crippen LogP) is 4.94. The Labute approximate surface area is 113 Å². The standard InChI is InChI=1S/C14H20N3O2/c1-4-5-6-9-14(2,3)11-7-8-12(16-15)13(10-11)17(18)19/h7-8,10H,4-6,9H2,1-3H3/q+1. The molecular formula is C14H20N3O2+. The number of rotatable bonds is 6. The Balaban J connectivity index is 3.04. The fraction of sp³-hybridized carbons (Fsp3) is 0.571. The van der Waals surface area contributed by atoms with Gasteiger partial charge in [-0.15, -0.1) is 0 Å². The fourth-order valence-corrected chi connectivity index (χ4v) is 2.14. The molecule has 1 aromatic rings. The first kappa shape index (κ1) is 15.1. The minimum Gasteiger partial charge on any atom is -0.258 e. The molecule has 5 heteroatoms. The molecule has 0 N–H and O–H groups in total. The lowest BCUT2D eigenvalue weighted by Crippen LogP contribution is -2.17.